The third-order valence-corrected chi connectivity index (χ3v) is 5.31. The van der Waals surface area contributed by atoms with Gasteiger partial charge >= 0.3 is 5.97 Å². The van der Waals surface area contributed by atoms with Crippen LogP contribution in [0.5, 0.6) is 5.75 Å². The van der Waals surface area contributed by atoms with Gasteiger partial charge in [-0.1, -0.05) is 29.4 Å². The van der Waals surface area contributed by atoms with Crippen LogP contribution in [0.2, 0.25) is 0 Å². The maximum Gasteiger partial charge on any atom is 0.342 e. The summed E-state index contributed by atoms with van der Waals surface area (Å²) in [5.41, 5.74) is 1.97. The van der Waals surface area contributed by atoms with Crippen molar-refractivity contribution < 1.29 is 23.0 Å². The van der Waals surface area contributed by atoms with Gasteiger partial charge in [0, 0.05) is 16.5 Å². The van der Waals surface area contributed by atoms with Gasteiger partial charge in [0.1, 0.15) is 23.3 Å². The quantitative estimate of drug-likeness (QED) is 0.575. The highest BCUT2D eigenvalue weighted by Crippen LogP contribution is 2.35. The van der Waals surface area contributed by atoms with Crippen LogP contribution in [-0.4, -0.2) is 29.1 Å². The van der Waals surface area contributed by atoms with E-state index in [1.807, 2.05) is 18.2 Å². The summed E-state index contributed by atoms with van der Waals surface area (Å²) in [6, 6.07) is 14.3. The van der Waals surface area contributed by atoms with Crippen molar-refractivity contribution >= 4 is 16.8 Å². The molecule has 1 unspecified atom stereocenters. The number of rotatable bonds is 7. The van der Waals surface area contributed by atoms with Gasteiger partial charge in [-0.2, -0.15) is 0 Å². The van der Waals surface area contributed by atoms with Crippen molar-refractivity contribution in [3.8, 4) is 17.0 Å². The lowest BCUT2D eigenvalue weighted by Gasteiger charge is -2.16. The van der Waals surface area contributed by atoms with Crippen molar-refractivity contribution in [2.75, 3.05) is 13.7 Å². The fourth-order valence-corrected chi connectivity index (χ4v) is 3.88. The first-order valence-corrected chi connectivity index (χ1v) is 9.68. The molecular formula is C20H19NO5S. The average molecular weight is 385 g/mol. The molecule has 0 aliphatic rings. The van der Waals surface area contributed by atoms with Crippen LogP contribution in [0.25, 0.3) is 11.3 Å². The van der Waals surface area contributed by atoms with Crippen molar-refractivity contribution in [3.05, 3.63) is 65.9 Å². The van der Waals surface area contributed by atoms with Gasteiger partial charge in [-0.15, -0.1) is 0 Å². The zero-order chi connectivity index (χ0) is 19.2. The largest absolute Gasteiger partial charge is 0.495 e. The number of carbonyl (C=O) groups is 1. The van der Waals surface area contributed by atoms with Crippen LogP contribution < -0.4 is 4.74 Å². The van der Waals surface area contributed by atoms with Gasteiger partial charge in [-0.25, -0.2) is 4.79 Å². The Morgan fingerprint density at radius 3 is 2.56 bits per heavy atom. The molecule has 3 rings (SSSR count). The Morgan fingerprint density at radius 2 is 1.93 bits per heavy atom. The zero-order valence-corrected chi connectivity index (χ0v) is 15.8. The lowest BCUT2D eigenvalue weighted by Crippen LogP contribution is -2.12. The van der Waals surface area contributed by atoms with E-state index in [0.717, 1.165) is 0 Å². The Bertz CT molecular complexity index is 939. The van der Waals surface area contributed by atoms with E-state index >= 15 is 0 Å². The van der Waals surface area contributed by atoms with Crippen molar-refractivity contribution in [1.29, 1.82) is 0 Å². The van der Waals surface area contributed by atoms with Crippen molar-refractivity contribution in [2.45, 2.75) is 17.6 Å². The van der Waals surface area contributed by atoms with Crippen molar-refractivity contribution in [2.24, 2.45) is 0 Å². The molecule has 7 heteroatoms. The molecule has 27 heavy (non-hydrogen) atoms. The summed E-state index contributed by atoms with van der Waals surface area (Å²) < 4.78 is 28.4. The molecule has 2 aromatic carbocycles. The second kappa shape index (κ2) is 8.64. The molecular weight excluding hydrogens is 366 g/mol. The molecule has 0 saturated heterocycles. The van der Waals surface area contributed by atoms with Gasteiger partial charge in [-0.3, -0.25) is 4.21 Å². The molecule has 0 radical (unpaired) electrons. The Morgan fingerprint density at radius 1 is 1.15 bits per heavy atom. The molecule has 0 fully saturated rings. The van der Waals surface area contributed by atoms with Gasteiger partial charge in [0.2, 0.25) is 0 Å². The molecule has 6 nitrogen and oxygen atoms in total. The minimum Gasteiger partial charge on any atom is -0.495 e. The lowest BCUT2D eigenvalue weighted by molar-refractivity contribution is 0.0522. The number of nitrogens with zero attached hydrogens (tertiary/aromatic N) is 1. The van der Waals surface area contributed by atoms with E-state index in [1.54, 1.807) is 37.3 Å². The van der Waals surface area contributed by atoms with Crippen LogP contribution in [0.4, 0.5) is 0 Å². The molecule has 0 spiro atoms. The number of methoxy groups -OCH3 is 1. The third-order valence-electron chi connectivity index (χ3n) is 3.93. The fraction of sp³-hybridized carbons (Fsp3) is 0.200. The molecule has 1 atom stereocenters. The second-order valence-corrected chi connectivity index (χ2v) is 7.04. The number of ether oxygens (including phenoxy) is 2. The van der Waals surface area contributed by atoms with Crippen LogP contribution in [-0.2, 0) is 21.3 Å². The summed E-state index contributed by atoms with van der Waals surface area (Å²) in [7, 11) is 0.156. The first-order chi connectivity index (χ1) is 13.2. The summed E-state index contributed by atoms with van der Waals surface area (Å²) >= 11 is 0. The van der Waals surface area contributed by atoms with Gasteiger partial charge in [-0.05, 0) is 30.7 Å². The van der Waals surface area contributed by atoms with Crippen LogP contribution in [0.15, 0.2) is 64.2 Å². The van der Waals surface area contributed by atoms with E-state index < -0.39 is 16.8 Å². The van der Waals surface area contributed by atoms with E-state index in [4.69, 9.17) is 14.0 Å². The monoisotopic (exact) mass is 385 g/mol. The topological polar surface area (TPSA) is 78.6 Å². The summed E-state index contributed by atoms with van der Waals surface area (Å²) in [6.45, 7) is 1.95. The zero-order valence-electron chi connectivity index (χ0n) is 15.0. The Balaban J connectivity index is 2.07. The summed E-state index contributed by atoms with van der Waals surface area (Å²) in [4.78, 5) is 13.3. The molecule has 0 amide bonds. The molecule has 140 valence electrons. The molecule has 0 aliphatic carbocycles. The number of benzene rings is 2. The summed E-state index contributed by atoms with van der Waals surface area (Å²) in [5, 5.41) is 3.91. The number of esters is 1. The first-order valence-electron chi connectivity index (χ1n) is 8.36. The number of aromatic nitrogens is 1. The fourth-order valence-electron chi connectivity index (χ4n) is 2.73. The number of carbonyl (C=O) groups excluding carboxylic acids is 1. The van der Waals surface area contributed by atoms with E-state index in [2.05, 4.69) is 5.16 Å². The minimum absolute atomic E-state index is 0.160. The second-order valence-electron chi connectivity index (χ2n) is 5.59. The highest BCUT2D eigenvalue weighted by Gasteiger charge is 2.24. The van der Waals surface area contributed by atoms with Gasteiger partial charge in [0.05, 0.1) is 30.3 Å². The number of hydrogen-bond donors (Lipinski definition) is 0. The Hall–Kier alpha value is -2.93. The van der Waals surface area contributed by atoms with E-state index in [9.17, 15) is 9.00 Å². The third kappa shape index (κ3) is 4.09. The van der Waals surface area contributed by atoms with Crippen LogP contribution >= 0.6 is 0 Å². The SMILES string of the molecule is CCOC(=O)c1c(CS(=O)c2ccccc2)ccc(-c2ccon2)c1OC. The molecule has 0 N–H and O–H groups in total. The standard InChI is InChI=1S/C20H19NO5S/c1-3-25-20(22)18-14(13-27(23)15-7-5-4-6-8-15)9-10-16(19(18)24-2)17-11-12-26-21-17/h4-12H,3,13H2,1-2H3. The highest BCUT2D eigenvalue weighted by molar-refractivity contribution is 7.84. The van der Waals surface area contributed by atoms with E-state index in [-0.39, 0.29) is 17.9 Å². The number of hydrogen-bond acceptors (Lipinski definition) is 6. The predicted molar refractivity (Wildman–Crippen MR) is 101 cm³/mol. The molecule has 0 saturated carbocycles. The Kier molecular flexibility index (Phi) is 6.03. The normalized spacial score (nSPS) is 11.8. The first kappa shape index (κ1) is 18.8. The van der Waals surface area contributed by atoms with Gasteiger partial charge in [0.25, 0.3) is 0 Å². The Labute approximate surface area is 159 Å². The highest BCUT2D eigenvalue weighted by atomic mass is 32.2. The smallest absolute Gasteiger partial charge is 0.342 e. The van der Waals surface area contributed by atoms with E-state index in [1.165, 1.54) is 13.4 Å². The van der Waals surface area contributed by atoms with Crippen LogP contribution in [0, 0.1) is 0 Å². The maximum atomic E-state index is 12.8. The van der Waals surface area contributed by atoms with Crippen molar-refractivity contribution in [1.82, 2.24) is 5.16 Å². The minimum atomic E-state index is -1.32. The van der Waals surface area contributed by atoms with Crippen LogP contribution in [0.1, 0.15) is 22.8 Å². The van der Waals surface area contributed by atoms with Gasteiger partial charge in [0.15, 0.2) is 0 Å². The van der Waals surface area contributed by atoms with Gasteiger partial charge < -0.3 is 14.0 Å². The summed E-state index contributed by atoms with van der Waals surface area (Å²) in [5.74, 6) is -0.0437. The molecule has 0 bridgehead atoms. The lowest BCUT2D eigenvalue weighted by atomic mass is 10.0. The molecule has 1 aromatic heterocycles. The van der Waals surface area contributed by atoms with E-state index in [0.29, 0.717) is 27.5 Å². The summed E-state index contributed by atoms with van der Waals surface area (Å²) in [6.07, 6.45) is 1.44. The van der Waals surface area contributed by atoms with Crippen LogP contribution in [0.3, 0.4) is 0 Å². The maximum absolute atomic E-state index is 12.8. The molecule has 0 aliphatic heterocycles. The molecule has 3 aromatic rings. The average Bonchev–Trinajstić information content (AvgIpc) is 3.22. The van der Waals surface area contributed by atoms with Crippen molar-refractivity contribution in [3.63, 3.8) is 0 Å². The predicted octanol–water partition coefficient (Wildman–Crippen LogP) is 3.83. The molecule has 1 heterocycles.